The van der Waals surface area contributed by atoms with Crippen molar-refractivity contribution in [2.24, 2.45) is 0 Å². The van der Waals surface area contributed by atoms with Gasteiger partial charge in [0, 0.05) is 13.2 Å². The molecule has 0 aromatic rings. The smallest absolute Gasteiger partial charge is 0.316 e. The monoisotopic (exact) mass is 458 g/mol. The summed E-state index contributed by atoms with van der Waals surface area (Å²) in [4.78, 5) is 22.6. The third-order valence-electron chi connectivity index (χ3n) is 3.20. The van der Waals surface area contributed by atoms with Crippen molar-refractivity contribution in [3.8, 4) is 0 Å². The lowest BCUT2D eigenvalue weighted by Gasteiger charge is -2.12. The molecule has 0 spiro atoms. The first kappa shape index (κ1) is 27.6. The fourth-order valence-corrected chi connectivity index (χ4v) is 3.29. The maximum atomic E-state index is 11.6. The summed E-state index contributed by atoms with van der Waals surface area (Å²) in [6.07, 6.45) is 0.927. The van der Waals surface area contributed by atoms with Crippen LogP contribution in [0, 0.1) is 0 Å². The second-order valence-corrected chi connectivity index (χ2v) is 8.81. The molecule has 0 rings (SSSR count). The number of rotatable bonds is 16. The van der Waals surface area contributed by atoms with Crippen LogP contribution in [0.4, 0.5) is 0 Å². The van der Waals surface area contributed by atoms with Crippen LogP contribution >= 0.6 is 35.7 Å². The number of aliphatic hydroxyl groups is 2. The maximum Gasteiger partial charge on any atom is 0.316 e. The highest BCUT2D eigenvalue weighted by Crippen LogP contribution is 2.17. The summed E-state index contributed by atoms with van der Waals surface area (Å²) in [5.74, 6) is -0.786. The van der Waals surface area contributed by atoms with Gasteiger partial charge in [0.25, 0.3) is 0 Å². The topological polar surface area (TPSA) is 112 Å². The molecule has 0 heterocycles. The Morgan fingerprint density at radius 2 is 1.46 bits per heavy atom. The number of hydrogen-bond donors (Lipinski definition) is 2. The fraction of sp³-hybridized carbons (Fsp3) is 0.824. The number of carbonyl (C=O) groups is 2. The average Bonchev–Trinajstić information content (AvgIpc) is 2.70. The predicted molar refractivity (Wildman–Crippen MR) is 114 cm³/mol. The molecule has 0 fully saturated rings. The van der Waals surface area contributed by atoms with E-state index in [0.29, 0.717) is 29.8 Å². The van der Waals surface area contributed by atoms with Crippen molar-refractivity contribution in [2.45, 2.75) is 38.4 Å². The number of methoxy groups -OCH3 is 1. The summed E-state index contributed by atoms with van der Waals surface area (Å²) in [6, 6.07) is 0. The number of esters is 2. The van der Waals surface area contributed by atoms with E-state index in [-0.39, 0.29) is 30.7 Å². The first-order valence-electron chi connectivity index (χ1n) is 8.92. The van der Waals surface area contributed by atoms with Gasteiger partial charge in [0.15, 0.2) is 0 Å². The number of ether oxygens (including phenoxy) is 4. The molecule has 0 saturated carbocycles. The Morgan fingerprint density at radius 1 is 0.929 bits per heavy atom. The van der Waals surface area contributed by atoms with Crippen molar-refractivity contribution in [3.63, 3.8) is 0 Å². The van der Waals surface area contributed by atoms with E-state index in [1.54, 1.807) is 0 Å². The molecule has 28 heavy (non-hydrogen) atoms. The first-order chi connectivity index (χ1) is 13.4. The molecule has 2 N–H and O–H groups in total. The van der Waals surface area contributed by atoms with Crippen molar-refractivity contribution in [1.82, 2.24) is 0 Å². The molecule has 0 aliphatic carbocycles. The second-order valence-electron chi connectivity index (χ2n) is 5.66. The number of thiocarbonyl (C=S) groups is 1. The Kier molecular flexibility index (Phi) is 18.3. The van der Waals surface area contributed by atoms with E-state index in [1.807, 2.05) is 6.92 Å². The molecule has 0 aliphatic heterocycles. The molecule has 0 aromatic carbocycles. The van der Waals surface area contributed by atoms with Crippen LogP contribution in [0.3, 0.4) is 0 Å². The minimum atomic E-state index is -0.898. The predicted octanol–water partition coefficient (Wildman–Crippen LogP) is 1.40. The van der Waals surface area contributed by atoms with E-state index in [1.165, 1.54) is 7.11 Å². The van der Waals surface area contributed by atoms with Crippen LogP contribution in [-0.4, -0.2) is 89.5 Å². The molecule has 0 amide bonds. The quantitative estimate of drug-likeness (QED) is 0.199. The fourth-order valence-electron chi connectivity index (χ4n) is 1.58. The minimum absolute atomic E-state index is 0.00725. The van der Waals surface area contributed by atoms with Gasteiger partial charge < -0.3 is 29.2 Å². The number of thioether (sulfide) groups is 2. The highest BCUT2D eigenvalue weighted by molar-refractivity contribution is 8.47. The van der Waals surface area contributed by atoms with Gasteiger partial charge in [0.2, 0.25) is 0 Å². The zero-order chi connectivity index (χ0) is 21.2. The lowest BCUT2D eigenvalue weighted by atomic mass is 10.3. The second kappa shape index (κ2) is 18.6. The Morgan fingerprint density at radius 3 is 2.00 bits per heavy atom. The standard InChI is InChI=1S/C17H30O8S3/c1-3-13(18)8-23-6-4-5-7-24-9-14(19)10-25-16(21)12-28-17(26)27-11-15(20)22-2/h13-14,18-19H,3-12H2,1-2H3. The van der Waals surface area contributed by atoms with Crippen LogP contribution in [0.2, 0.25) is 0 Å². The molecule has 0 radical (unpaired) electrons. The van der Waals surface area contributed by atoms with Gasteiger partial charge in [-0.1, -0.05) is 42.7 Å². The Labute approximate surface area is 180 Å². The zero-order valence-corrected chi connectivity index (χ0v) is 18.7. The third-order valence-corrected chi connectivity index (χ3v) is 5.84. The van der Waals surface area contributed by atoms with E-state index < -0.39 is 18.2 Å². The Hall–Kier alpha value is -0.430. The van der Waals surface area contributed by atoms with Crippen LogP contribution < -0.4 is 0 Å². The summed E-state index contributed by atoms with van der Waals surface area (Å²) in [5, 5.41) is 19.1. The van der Waals surface area contributed by atoms with Crippen LogP contribution in [0.5, 0.6) is 0 Å². The molecule has 0 bridgehead atoms. The summed E-state index contributed by atoms with van der Waals surface area (Å²) < 4.78 is 20.5. The van der Waals surface area contributed by atoms with Crippen LogP contribution in [0.15, 0.2) is 0 Å². The van der Waals surface area contributed by atoms with E-state index in [2.05, 4.69) is 4.74 Å². The zero-order valence-electron chi connectivity index (χ0n) is 16.3. The van der Waals surface area contributed by atoms with Gasteiger partial charge in [-0.15, -0.1) is 0 Å². The summed E-state index contributed by atoms with van der Waals surface area (Å²) in [7, 11) is 1.29. The molecule has 8 nitrogen and oxygen atoms in total. The molecular weight excluding hydrogens is 428 g/mol. The first-order valence-corrected chi connectivity index (χ1v) is 11.3. The Bertz CT molecular complexity index is 450. The normalized spacial score (nSPS) is 13.0. The van der Waals surface area contributed by atoms with Gasteiger partial charge in [0.05, 0.1) is 37.9 Å². The molecule has 0 aromatic heterocycles. The summed E-state index contributed by atoms with van der Waals surface area (Å²) >= 11 is 7.24. The summed E-state index contributed by atoms with van der Waals surface area (Å²) in [5.41, 5.74) is 0. The van der Waals surface area contributed by atoms with E-state index in [4.69, 9.17) is 26.4 Å². The van der Waals surface area contributed by atoms with Crippen LogP contribution in [-0.2, 0) is 28.5 Å². The summed E-state index contributed by atoms with van der Waals surface area (Å²) in [6.45, 7) is 3.17. The van der Waals surface area contributed by atoms with Crippen LogP contribution in [0.25, 0.3) is 0 Å². The maximum absolute atomic E-state index is 11.6. The number of carbonyl (C=O) groups excluding carboxylic acids is 2. The van der Waals surface area contributed by atoms with E-state index in [9.17, 15) is 19.8 Å². The van der Waals surface area contributed by atoms with Crippen molar-refractivity contribution < 1.29 is 38.7 Å². The van der Waals surface area contributed by atoms with Gasteiger partial charge in [0.1, 0.15) is 16.2 Å². The lowest BCUT2D eigenvalue weighted by molar-refractivity contribution is -0.144. The molecule has 2 unspecified atom stereocenters. The van der Waals surface area contributed by atoms with Gasteiger partial charge in [-0.25, -0.2) is 0 Å². The van der Waals surface area contributed by atoms with Gasteiger partial charge >= 0.3 is 11.9 Å². The average molecular weight is 459 g/mol. The van der Waals surface area contributed by atoms with Crippen molar-refractivity contribution in [3.05, 3.63) is 0 Å². The molecule has 2 atom stereocenters. The molecule has 0 aliphatic rings. The number of aliphatic hydroxyl groups excluding tert-OH is 2. The molecule has 11 heteroatoms. The van der Waals surface area contributed by atoms with Crippen molar-refractivity contribution in [2.75, 3.05) is 51.6 Å². The number of hydrogen-bond acceptors (Lipinski definition) is 11. The van der Waals surface area contributed by atoms with Crippen molar-refractivity contribution in [1.29, 1.82) is 0 Å². The number of unbranched alkanes of at least 4 members (excludes halogenated alkanes) is 1. The molecule has 0 saturated heterocycles. The van der Waals surface area contributed by atoms with E-state index >= 15 is 0 Å². The van der Waals surface area contributed by atoms with E-state index in [0.717, 1.165) is 36.4 Å². The molecular formula is C17H30O8S3. The lowest BCUT2D eigenvalue weighted by Crippen LogP contribution is -2.24. The highest BCUT2D eigenvalue weighted by Gasteiger charge is 2.12. The SMILES string of the molecule is CCC(O)COCCCCOCC(O)COC(=O)CSC(=S)SCC(=O)OC. The van der Waals surface area contributed by atoms with Gasteiger partial charge in [-0.05, 0) is 19.3 Å². The third kappa shape index (κ3) is 17.7. The highest BCUT2D eigenvalue weighted by atomic mass is 32.2. The van der Waals surface area contributed by atoms with Crippen LogP contribution in [0.1, 0.15) is 26.2 Å². The van der Waals surface area contributed by atoms with Crippen molar-refractivity contribution >= 4 is 51.2 Å². The van der Waals surface area contributed by atoms with Gasteiger partial charge in [-0.2, -0.15) is 0 Å². The largest absolute Gasteiger partial charge is 0.468 e. The Balaban J connectivity index is 3.55. The van der Waals surface area contributed by atoms with Gasteiger partial charge in [-0.3, -0.25) is 9.59 Å². The molecule has 164 valence electrons. The minimum Gasteiger partial charge on any atom is -0.468 e.